The van der Waals surface area contributed by atoms with Crippen LogP contribution in [-0.2, 0) is 18.0 Å². The van der Waals surface area contributed by atoms with Crippen molar-refractivity contribution >= 4 is 32.5 Å². The van der Waals surface area contributed by atoms with Gasteiger partial charge in [-0.2, -0.15) is 0 Å². The molecule has 0 atom stereocenters. The van der Waals surface area contributed by atoms with Crippen LogP contribution in [0.4, 0.5) is 0 Å². The molecule has 0 spiro atoms. The minimum absolute atomic E-state index is 0.281. The van der Waals surface area contributed by atoms with Crippen LogP contribution < -0.4 is 24.6 Å². The average molecular weight is 487 g/mol. The Bertz CT molecular complexity index is 1620. The second-order valence-electron chi connectivity index (χ2n) is 8.29. The van der Waals surface area contributed by atoms with Crippen LogP contribution in [-0.4, -0.2) is 28.4 Å². The molecule has 0 saturated carbocycles. The first-order chi connectivity index (χ1) is 17.6. The first kappa shape index (κ1) is 23.5. The first-order valence-electron chi connectivity index (χ1n) is 11.4. The molecule has 0 saturated heterocycles. The van der Waals surface area contributed by atoms with E-state index in [0.717, 1.165) is 21.9 Å². The normalized spacial score (nSPS) is 11.2. The molecule has 0 radical (unpaired) electrons. The Labute approximate surface area is 207 Å². The molecule has 4 aromatic carbocycles. The molecule has 1 aromatic heterocycles. The summed E-state index contributed by atoms with van der Waals surface area (Å²) in [5.41, 5.74) is 1.79. The highest BCUT2D eigenvalue weighted by molar-refractivity contribution is 6.18. The van der Waals surface area contributed by atoms with E-state index in [4.69, 9.17) is 28.1 Å². The summed E-state index contributed by atoms with van der Waals surface area (Å²) in [5, 5.41) is 3.18. The maximum atomic E-state index is 13.3. The maximum absolute atomic E-state index is 13.3. The summed E-state index contributed by atoms with van der Waals surface area (Å²) < 4.78 is 34.3. The molecule has 184 valence electrons. The van der Waals surface area contributed by atoms with Crippen LogP contribution in [0, 0.1) is 0 Å². The van der Waals surface area contributed by atoms with Gasteiger partial charge in [0.1, 0.15) is 28.4 Å². The van der Waals surface area contributed by atoms with Gasteiger partial charge < -0.3 is 28.1 Å². The standard InChI is InChI=1S/C29H26O7/c1-31-20-11-18-10-19(16-35-15-17-8-6-5-7-9-17)25-22-12-21(32-2)14-24(34-4)27(22)29(30)36-28(25)26(18)23(13-20)33-3/h5-14H,15-16H2,1-4H3. The third kappa shape index (κ3) is 4.07. The SMILES string of the molecule is COc1cc(OC)c2c(c1)cc(COCc1ccccc1)c1c3cc(OC)cc(OC)c3c(=O)oc21. The van der Waals surface area contributed by atoms with Gasteiger partial charge in [0.2, 0.25) is 0 Å². The molecule has 36 heavy (non-hydrogen) atoms. The molecule has 0 bridgehead atoms. The van der Waals surface area contributed by atoms with Crippen molar-refractivity contribution in [3.63, 3.8) is 0 Å². The van der Waals surface area contributed by atoms with Gasteiger partial charge in [-0.1, -0.05) is 30.3 Å². The van der Waals surface area contributed by atoms with Gasteiger partial charge in [-0.3, -0.25) is 0 Å². The third-order valence-electron chi connectivity index (χ3n) is 6.24. The average Bonchev–Trinajstić information content (AvgIpc) is 2.91. The Kier molecular flexibility index (Phi) is 6.40. The van der Waals surface area contributed by atoms with Gasteiger partial charge in [-0.15, -0.1) is 0 Å². The Balaban J connectivity index is 1.83. The Morgan fingerprint density at radius 3 is 2.03 bits per heavy atom. The molecule has 0 amide bonds. The summed E-state index contributed by atoms with van der Waals surface area (Å²) in [4.78, 5) is 13.3. The minimum atomic E-state index is -0.515. The van der Waals surface area contributed by atoms with Crippen LogP contribution in [0.25, 0.3) is 32.5 Å². The summed E-state index contributed by atoms with van der Waals surface area (Å²) >= 11 is 0. The van der Waals surface area contributed by atoms with Gasteiger partial charge in [0.25, 0.3) is 0 Å². The van der Waals surface area contributed by atoms with Crippen LogP contribution in [0.1, 0.15) is 11.1 Å². The van der Waals surface area contributed by atoms with Crippen LogP contribution in [0.15, 0.2) is 69.9 Å². The highest BCUT2D eigenvalue weighted by Crippen LogP contribution is 2.42. The number of benzene rings is 4. The molecule has 5 rings (SSSR count). The monoisotopic (exact) mass is 486 g/mol. The second-order valence-corrected chi connectivity index (χ2v) is 8.29. The van der Waals surface area contributed by atoms with Gasteiger partial charge in [0.05, 0.1) is 47.0 Å². The lowest BCUT2D eigenvalue weighted by atomic mass is 9.96. The van der Waals surface area contributed by atoms with Gasteiger partial charge in [-0.25, -0.2) is 4.79 Å². The molecule has 0 unspecified atom stereocenters. The molecular weight excluding hydrogens is 460 g/mol. The zero-order valence-electron chi connectivity index (χ0n) is 20.5. The van der Waals surface area contributed by atoms with E-state index >= 15 is 0 Å². The quantitative estimate of drug-likeness (QED) is 0.201. The largest absolute Gasteiger partial charge is 0.497 e. The van der Waals surface area contributed by atoms with E-state index in [2.05, 4.69) is 0 Å². The van der Waals surface area contributed by atoms with Crippen molar-refractivity contribution in [2.45, 2.75) is 13.2 Å². The number of ether oxygens (including phenoxy) is 5. The lowest BCUT2D eigenvalue weighted by Crippen LogP contribution is -2.05. The lowest BCUT2D eigenvalue weighted by Gasteiger charge is -2.16. The van der Waals surface area contributed by atoms with Crippen molar-refractivity contribution < 1.29 is 28.1 Å². The Morgan fingerprint density at radius 1 is 0.694 bits per heavy atom. The molecule has 0 aliphatic heterocycles. The number of fused-ring (bicyclic) bond motifs is 5. The summed E-state index contributed by atoms with van der Waals surface area (Å²) in [5.74, 6) is 2.09. The van der Waals surface area contributed by atoms with Crippen molar-refractivity contribution in [2.24, 2.45) is 0 Å². The van der Waals surface area contributed by atoms with Crippen molar-refractivity contribution in [3.05, 3.63) is 82.2 Å². The second kappa shape index (κ2) is 9.79. The number of hydrogen-bond acceptors (Lipinski definition) is 7. The third-order valence-corrected chi connectivity index (χ3v) is 6.24. The van der Waals surface area contributed by atoms with Crippen LogP contribution in [0.2, 0.25) is 0 Å². The zero-order chi connectivity index (χ0) is 25.2. The van der Waals surface area contributed by atoms with E-state index in [1.807, 2.05) is 48.5 Å². The fourth-order valence-electron chi connectivity index (χ4n) is 4.56. The van der Waals surface area contributed by atoms with Crippen LogP contribution >= 0.6 is 0 Å². The van der Waals surface area contributed by atoms with Crippen molar-refractivity contribution in [2.75, 3.05) is 28.4 Å². The van der Waals surface area contributed by atoms with Crippen molar-refractivity contribution in [3.8, 4) is 23.0 Å². The molecule has 0 aliphatic carbocycles. The zero-order valence-corrected chi connectivity index (χ0v) is 20.5. The van der Waals surface area contributed by atoms with E-state index in [9.17, 15) is 4.79 Å². The fraction of sp³-hybridized carbons (Fsp3) is 0.207. The lowest BCUT2D eigenvalue weighted by molar-refractivity contribution is 0.108. The topological polar surface area (TPSA) is 76.4 Å². The van der Waals surface area contributed by atoms with Crippen molar-refractivity contribution in [1.29, 1.82) is 0 Å². The number of rotatable bonds is 8. The molecule has 1 heterocycles. The molecule has 0 N–H and O–H groups in total. The number of hydrogen-bond donors (Lipinski definition) is 0. The summed E-state index contributed by atoms with van der Waals surface area (Å²) in [7, 11) is 6.25. The summed E-state index contributed by atoms with van der Waals surface area (Å²) in [6.45, 7) is 0.715. The number of methoxy groups -OCH3 is 4. The molecule has 5 aromatic rings. The molecule has 7 heteroatoms. The van der Waals surface area contributed by atoms with E-state index in [-0.39, 0.29) is 6.61 Å². The molecule has 0 fully saturated rings. The first-order valence-corrected chi connectivity index (χ1v) is 11.4. The van der Waals surface area contributed by atoms with E-state index < -0.39 is 5.63 Å². The highest BCUT2D eigenvalue weighted by atomic mass is 16.5. The van der Waals surface area contributed by atoms with E-state index in [1.54, 1.807) is 33.5 Å². The van der Waals surface area contributed by atoms with Crippen LogP contribution in [0.5, 0.6) is 23.0 Å². The predicted molar refractivity (Wildman–Crippen MR) is 139 cm³/mol. The minimum Gasteiger partial charge on any atom is -0.497 e. The van der Waals surface area contributed by atoms with Crippen LogP contribution in [0.3, 0.4) is 0 Å². The highest BCUT2D eigenvalue weighted by Gasteiger charge is 2.21. The maximum Gasteiger partial charge on any atom is 0.348 e. The summed E-state index contributed by atoms with van der Waals surface area (Å²) in [6.07, 6.45) is 0. The smallest absolute Gasteiger partial charge is 0.348 e. The Morgan fingerprint density at radius 2 is 1.36 bits per heavy atom. The molecule has 7 nitrogen and oxygen atoms in total. The fourth-order valence-corrected chi connectivity index (χ4v) is 4.56. The van der Waals surface area contributed by atoms with Crippen molar-refractivity contribution in [1.82, 2.24) is 0 Å². The van der Waals surface area contributed by atoms with E-state index in [1.165, 1.54) is 7.11 Å². The predicted octanol–water partition coefficient (Wildman–Crippen LogP) is 5.85. The summed E-state index contributed by atoms with van der Waals surface area (Å²) in [6, 6.07) is 19.1. The van der Waals surface area contributed by atoms with Gasteiger partial charge in [-0.05, 0) is 34.7 Å². The van der Waals surface area contributed by atoms with Gasteiger partial charge in [0, 0.05) is 22.9 Å². The van der Waals surface area contributed by atoms with Gasteiger partial charge >= 0.3 is 5.63 Å². The Hall–Kier alpha value is -4.23. The molecule has 0 aliphatic rings. The van der Waals surface area contributed by atoms with E-state index in [0.29, 0.717) is 51.3 Å². The van der Waals surface area contributed by atoms with Gasteiger partial charge in [0.15, 0.2) is 5.58 Å². The molecular formula is C29H26O7.